The lowest BCUT2D eigenvalue weighted by molar-refractivity contribution is -0.147. The molecule has 1 aliphatic heterocycles. The van der Waals surface area contributed by atoms with Crippen molar-refractivity contribution < 1.29 is 9.59 Å². The van der Waals surface area contributed by atoms with E-state index in [1.807, 2.05) is 4.90 Å². The van der Waals surface area contributed by atoms with Crippen molar-refractivity contribution in [2.24, 2.45) is 16.7 Å². The summed E-state index contributed by atoms with van der Waals surface area (Å²) in [6.07, 6.45) is 4.49. The summed E-state index contributed by atoms with van der Waals surface area (Å²) in [6, 6.07) is 0.337. The van der Waals surface area contributed by atoms with Crippen LogP contribution >= 0.6 is 0 Å². The van der Waals surface area contributed by atoms with Crippen LogP contribution in [0.1, 0.15) is 52.9 Å². The van der Waals surface area contributed by atoms with Crippen LogP contribution in [0.15, 0.2) is 0 Å². The molecule has 1 saturated heterocycles. The zero-order valence-electron chi connectivity index (χ0n) is 11.7. The van der Waals surface area contributed by atoms with E-state index in [0.717, 1.165) is 5.92 Å². The number of rotatable bonds is 1. The van der Waals surface area contributed by atoms with Crippen LogP contribution in [-0.2, 0) is 9.59 Å². The number of likely N-dealkylation sites (tertiary alicyclic amines) is 1. The molecule has 3 atom stereocenters. The van der Waals surface area contributed by atoms with Crippen molar-refractivity contribution in [1.29, 1.82) is 0 Å². The lowest BCUT2D eigenvalue weighted by Gasteiger charge is -2.49. The van der Waals surface area contributed by atoms with Crippen molar-refractivity contribution in [3.63, 3.8) is 0 Å². The van der Waals surface area contributed by atoms with E-state index >= 15 is 0 Å². The maximum Gasteiger partial charge on any atom is 0.230 e. The number of Topliss-reactive ketones (excluding diaryl/α,β-unsaturated/α-hetero) is 1. The van der Waals surface area contributed by atoms with Crippen LogP contribution in [0, 0.1) is 16.7 Å². The first-order chi connectivity index (χ1) is 8.34. The minimum Gasteiger partial charge on any atom is -0.338 e. The first-order valence-corrected chi connectivity index (χ1v) is 7.16. The van der Waals surface area contributed by atoms with Gasteiger partial charge >= 0.3 is 0 Å². The van der Waals surface area contributed by atoms with Gasteiger partial charge in [0.2, 0.25) is 5.91 Å². The summed E-state index contributed by atoms with van der Waals surface area (Å²) in [5, 5.41) is 0. The fraction of sp³-hybridized carbons (Fsp3) is 0.867. The molecule has 3 fully saturated rings. The number of carbonyl (C=O) groups is 2. The summed E-state index contributed by atoms with van der Waals surface area (Å²) < 4.78 is 0. The van der Waals surface area contributed by atoms with E-state index in [9.17, 15) is 9.59 Å². The Hall–Kier alpha value is -0.860. The lowest BCUT2D eigenvalue weighted by Crippen LogP contribution is -2.57. The largest absolute Gasteiger partial charge is 0.338 e. The van der Waals surface area contributed by atoms with Crippen molar-refractivity contribution >= 4 is 11.7 Å². The number of carbonyl (C=O) groups excluding carboxylic acids is 2. The molecule has 3 nitrogen and oxygen atoms in total. The molecular formula is C15H23NO2. The van der Waals surface area contributed by atoms with Crippen LogP contribution in [0.25, 0.3) is 0 Å². The maximum atomic E-state index is 12.2. The molecule has 2 aliphatic carbocycles. The molecule has 2 bridgehead atoms. The van der Waals surface area contributed by atoms with Crippen LogP contribution in [0.2, 0.25) is 0 Å². The molecule has 0 aromatic heterocycles. The Bertz CT molecular complexity index is 410. The number of hydrogen-bond donors (Lipinski definition) is 0. The van der Waals surface area contributed by atoms with Crippen molar-refractivity contribution in [2.45, 2.75) is 58.9 Å². The van der Waals surface area contributed by atoms with Gasteiger partial charge in [0.1, 0.15) is 5.78 Å². The molecule has 2 saturated carbocycles. The number of hydrogen-bond acceptors (Lipinski definition) is 2. The van der Waals surface area contributed by atoms with Gasteiger partial charge in [-0.1, -0.05) is 20.8 Å². The number of fused-ring (bicyclic) bond motifs is 2. The van der Waals surface area contributed by atoms with E-state index in [1.54, 1.807) is 0 Å². The monoisotopic (exact) mass is 249 g/mol. The molecule has 1 amide bonds. The Morgan fingerprint density at radius 1 is 1.22 bits per heavy atom. The molecule has 18 heavy (non-hydrogen) atoms. The predicted octanol–water partition coefficient (Wildman–Crippen LogP) is 2.39. The first kappa shape index (κ1) is 12.2. The summed E-state index contributed by atoms with van der Waals surface area (Å²) >= 11 is 0. The smallest absolute Gasteiger partial charge is 0.230 e. The predicted molar refractivity (Wildman–Crippen MR) is 69.0 cm³/mol. The number of ketones is 1. The van der Waals surface area contributed by atoms with Gasteiger partial charge < -0.3 is 4.90 Å². The van der Waals surface area contributed by atoms with E-state index in [-0.39, 0.29) is 28.9 Å². The first-order valence-electron chi connectivity index (χ1n) is 7.16. The molecule has 0 aromatic carbocycles. The Kier molecular flexibility index (Phi) is 2.43. The third-order valence-corrected chi connectivity index (χ3v) is 5.81. The van der Waals surface area contributed by atoms with Gasteiger partial charge in [0.15, 0.2) is 0 Å². The molecule has 100 valence electrons. The van der Waals surface area contributed by atoms with Crippen molar-refractivity contribution in [2.75, 3.05) is 6.54 Å². The van der Waals surface area contributed by atoms with Crippen molar-refractivity contribution in [1.82, 2.24) is 4.90 Å². The van der Waals surface area contributed by atoms with Crippen molar-refractivity contribution in [3.8, 4) is 0 Å². The van der Waals surface area contributed by atoms with Crippen LogP contribution in [0.4, 0.5) is 0 Å². The highest BCUT2D eigenvalue weighted by Gasteiger charge is 2.62. The van der Waals surface area contributed by atoms with Gasteiger partial charge in [-0.05, 0) is 36.0 Å². The standard InChI is InChI=1S/C15H23NO2/c1-14(2)10-4-6-15(3,9-10)13(14)16-7-5-11(17)8-12(16)18/h10,13H,4-9H2,1-3H3/t10?,13-,15+/m1/s1. The summed E-state index contributed by atoms with van der Waals surface area (Å²) in [4.78, 5) is 25.6. The SMILES string of the molecule is CC1(C)C2CC[C@@](C)(C2)[C@@H]1N1CCC(=O)CC1=O. The molecule has 3 aliphatic rings. The topological polar surface area (TPSA) is 37.4 Å². The summed E-state index contributed by atoms with van der Waals surface area (Å²) in [5.41, 5.74) is 0.493. The fourth-order valence-corrected chi connectivity index (χ4v) is 5.06. The molecule has 3 heteroatoms. The Morgan fingerprint density at radius 2 is 1.94 bits per heavy atom. The summed E-state index contributed by atoms with van der Waals surface area (Å²) in [5.74, 6) is 0.929. The molecule has 0 radical (unpaired) electrons. The van der Waals surface area contributed by atoms with Gasteiger partial charge in [-0.3, -0.25) is 9.59 Å². The highest BCUT2D eigenvalue weighted by atomic mass is 16.2. The van der Waals surface area contributed by atoms with E-state index in [2.05, 4.69) is 20.8 Å². The van der Waals surface area contributed by atoms with Crippen molar-refractivity contribution in [3.05, 3.63) is 0 Å². The zero-order valence-corrected chi connectivity index (χ0v) is 11.7. The minimum atomic E-state index is 0.0677. The van der Waals surface area contributed by atoms with Gasteiger partial charge in [0.05, 0.1) is 6.42 Å². The van der Waals surface area contributed by atoms with Crippen LogP contribution in [0.5, 0.6) is 0 Å². The summed E-state index contributed by atoms with van der Waals surface area (Å²) in [7, 11) is 0. The van der Waals surface area contributed by atoms with Gasteiger partial charge in [-0.15, -0.1) is 0 Å². The molecular weight excluding hydrogens is 226 g/mol. The highest BCUT2D eigenvalue weighted by molar-refractivity contribution is 6.00. The van der Waals surface area contributed by atoms with Gasteiger partial charge in [-0.25, -0.2) is 0 Å². The molecule has 1 heterocycles. The number of amides is 1. The second kappa shape index (κ2) is 3.58. The van der Waals surface area contributed by atoms with Gasteiger partial charge in [0, 0.05) is 19.0 Å². The lowest BCUT2D eigenvalue weighted by atomic mass is 9.67. The van der Waals surface area contributed by atoms with E-state index < -0.39 is 0 Å². The minimum absolute atomic E-state index is 0.0677. The fourth-order valence-electron chi connectivity index (χ4n) is 5.06. The Balaban J connectivity index is 1.91. The summed E-state index contributed by atoms with van der Waals surface area (Å²) in [6.45, 7) is 7.62. The van der Waals surface area contributed by atoms with Crippen LogP contribution < -0.4 is 0 Å². The van der Waals surface area contributed by atoms with E-state index in [4.69, 9.17) is 0 Å². The Morgan fingerprint density at radius 3 is 2.50 bits per heavy atom. The average molecular weight is 249 g/mol. The van der Waals surface area contributed by atoms with Gasteiger partial charge in [-0.2, -0.15) is 0 Å². The van der Waals surface area contributed by atoms with Crippen LogP contribution in [-0.4, -0.2) is 29.2 Å². The maximum absolute atomic E-state index is 12.2. The van der Waals surface area contributed by atoms with E-state index in [1.165, 1.54) is 19.3 Å². The molecule has 1 unspecified atom stereocenters. The second-order valence-electron chi connectivity index (χ2n) is 7.37. The molecule has 3 rings (SSSR count). The van der Waals surface area contributed by atoms with Crippen LogP contribution in [0.3, 0.4) is 0 Å². The number of piperidine rings is 1. The molecule has 0 spiro atoms. The average Bonchev–Trinajstić information content (AvgIpc) is 2.72. The Labute approximate surface area is 109 Å². The highest BCUT2D eigenvalue weighted by Crippen LogP contribution is 2.64. The van der Waals surface area contributed by atoms with E-state index in [0.29, 0.717) is 19.0 Å². The second-order valence-corrected chi connectivity index (χ2v) is 7.37. The third kappa shape index (κ3) is 1.49. The molecule has 0 aromatic rings. The number of nitrogens with zero attached hydrogens (tertiary/aromatic N) is 1. The molecule has 0 N–H and O–H groups in total. The zero-order chi connectivity index (χ0) is 13.1. The normalized spacial score (nSPS) is 42.7. The van der Waals surface area contributed by atoms with Gasteiger partial charge in [0.25, 0.3) is 0 Å². The quantitative estimate of drug-likeness (QED) is 0.669. The third-order valence-electron chi connectivity index (χ3n) is 5.81.